The molecule has 0 aliphatic carbocycles. The van der Waals surface area contributed by atoms with Gasteiger partial charge in [0, 0.05) is 12.8 Å². The number of aromatic nitrogens is 3. The van der Waals surface area contributed by atoms with Crippen LogP contribution in [-0.2, 0) is 17.8 Å². The van der Waals surface area contributed by atoms with E-state index in [-0.39, 0.29) is 19.1 Å². The number of aliphatic hydroxyl groups is 1. The Labute approximate surface area is 122 Å². The van der Waals surface area contributed by atoms with Gasteiger partial charge in [0.15, 0.2) is 0 Å². The molecule has 0 saturated heterocycles. The summed E-state index contributed by atoms with van der Waals surface area (Å²) < 4.78 is 6.64. The number of para-hydroxylation sites is 2. The lowest BCUT2D eigenvalue weighted by Gasteiger charge is -2.09. The maximum atomic E-state index is 12.0. The Morgan fingerprint density at radius 3 is 3.00 bits per heavy atom. The highest BCUT2D eigenvalue weighted by Crippen LogP contribution is 2.22. The second kappa shape index (κ2) is 7.39. The third-order valence-corrected chi connectivity index (χ3v) is 2.86. The SMILES string of the molecule is COc1ccccc1NC(=O)Cn1cc(CCCO)nn1. The molecule has 1 aromatic carbocycles. The zero-order valence-electron chi connectivity index (χ0n) is 11.8. The molecule has 2 N–H and O–H groups in total. The van der Waals surface area contributed by atoms with E-state index in [4.69, 9.17) is 9.84 Å². The molecular weight excluding hydrogens is 272 g/mol. The Morgan fingerprint density at radius 2 is 2.24 bits per heavy atom. The summed E-state index contributed by atoms with van der Waals surface area (Å²) in [5.74, 6) is 0.395. The Morgan fingerprint density at radius 1 is 1.43 bits per heavy atom. The molecule has 1 heterocycles. The van der Waals surface area contributed by atoms with Crippen molar-refractivity contribution in [3.8, 4) is 5.75 Å². The number of nitrogens with one attached hydrogen (secondary N) is 1. The van der Waals surface area contributed by atoms with Crippen LogP contribution in [-0.4, -0.2) is 39.7 Å². The van der Waals surface area contributed by atoms with Gasteiger partial charge in [-0.3, -0.25) is 4.79 Å². The molecule has 0 saturated carbocycles. The Balaban J connectivity index is 1.93. The summed E-state index contributed by atoms with van der Waals surface area (Å²) in [7, 11) is 1.55. The second-order valence-corrected chi connectivity index (χ2v) is 4.48. The minimum Gasteiger partial charge on any atom is -0.495 e. The fourth-order valence-electron chi connectivity index (χ4n) is 1.88. The lowest BCUT2D eigenvalue weighted by Crippen LogP contribution is -2.19. The van der Waals surface area contributed by atoms with Gasteiger partial charge in [-0.1, -0.05) is 17.3 Å². The van der Waals surface area contributed by atoms with Crippen LogP contribution in [0.25, 0.3) is 0 Å². The highest BCUT2D eigenvalue weighted by molar-refractivity contribution is 5.92. The standard InChI is InChI=1S/C14H18N4O3/c1-21-13-7-3-2-6-12(13)15-14(20)10-18-9-11(16-17-18)5-4-8-19/h2-3,6-7,9,19H,4-5,8,10H2,1H3,(H,15,20). The molecule has 112 valence electrons. The molecule has 1 aromatic heterocycles. The molecule has 21 heavy (non-hydrogen) atoms. The van der Waals surface area contributed by atoms with E-state index in [0.29, 0.717) is 24.3 Å². The van der Waals surface area contributed by atoms with E-state index in [2.05, 4.69) is 15.6 Å². The number of carbonyl (C=O) groups is 1. The number of hydrogen-bond donors (Lipinski definition) is 2. The maximum absolute atomic E-state index is 12.0. The molecule has 2 aromatic rings. The second-order valence-electron chi connectivity index (χ2n) is 4.48. The third-order valence-electron chi connectivity index (χ3n) is 2.86. The first-order valence-electron chi connectivity index (χ1n) is 6.65. The molecule has 0 bridgehead atoms. The van der Waals surface area contributed by atoms with Crippen LogP contribution in [0.3, 0.4) is 0 Å². The number of carbonyl (C=O) groups excluding carboxylic acids is 1. The monoisotopic (exact) mass is 290 g/mol. The van der Waals surface area contributed by atoms with E-state index in [1.165, 1.54) is 4.68 Å². The van der Waals surface area contributed by atoms with Gasteiger partial charge in [0.25, 0.3) is 0 Å². The lowest BCUT2D eigenvalue weighted by atomic mass is 10.2. The number of rotatable bonds is 7. The normalized spacial score (nSPS) is 10.4. The molecular formula is C14H18N4O3. The van der Waals surface area contributed by atoms with Crippen molar-refractivity contribution < 1.29 is 14.6 Å². The minimum atomic E-state index is -0.210. The van der Waals surface area contributed by atoms with Crippen LogP contribution in [0.1, 0.15) is 12.1 Å². The van der Waals surface area contributed by atoms with Gasteiger partial charge in [0.05, 0.1) is 18.5 Å². The zero-order chi connectivity index (χ0) is 15.1. The molecule has 0 fully saturated rings. The van der Waals surface area contributed by atoms with Gasteiger partial charge in [-0.2, -0.15) is 0 Å². The first-order valence-corrected chi connectivity index (χ1v) is 6.65. The van der Waals surface area contributed by atoms with E-state index in [0.717, 1.165) is 5.69 Å². The smallest absolute Gasteiger partial charge is 0.246 e. The molecule has 0 spiro atoms. The first-order chi connectivity index (χ1) is 10.2. The molecule has 0 aliphatic heterocycles. The number of hydrogen-bond acceptors (Lipinski definition) is 5. The number of aryl methyl sites for hydroxylation is 1. The molecule has 0 unspecified atom stereocenters. The van der Waals surface area contributed by atoms with Crippen molar-refractivity contribution in [1.29, 1.82) is 0 Å². The van der Waals surface area contributed by atoms with Crippen molar-refractivity contribution in [3.05, 3.63) is 36.2 Å². The molecule has 2 rings (SSSR count). The van der Waals surface area contributed by atoms with Gasteiger partial charge in [-0.25, -0.2) is 4.68 Å². The summed E-state index contributed by atoms with van der Waals surface area (Å²) in [6, 6.07) is 7.20. The Kier molecular flexibility index (Phi) is 5.28. The van der Waals surface area contributed by atoms with E-state index >= 15 is 0 Å². The minimum absolute atomic E-state index is 0.0736. The molecule has 7 heteroatoms. The number of nitrogens with zero attached hydrogens (tertiary/aromatic N) is 3. The van der Waals surface area contributed by atoms with Crippen LogP contribution in [0.15, 0.2) is 30.5 Å². The van der Waals surface area contributed by atoms with Crippen molar-refractivity contribution in [2.45, 2.75) is 19.4 Å². The number of benzene rings is 1. The van der Waals surface area contributed by atoms with E-state index in [9.17, 15) is 4.79 Å². The summed E-state index contributed by atoms with van der Waals surface area (Å²) >= 11 is 0. The summed E-state index contributed by atoms with van der Waals surface area (Å²) in [6.45, 7) is 0.186. The number of anilines is 1. The van der Waals surface area contributed by atoms with E-state index in [1.54, 1.807) is 25.4 Å². The van der Waals surface area contributed by atoms with Crippen molar-refractivity contribution >= 4 is 11.6 Å². The summed E-state index contributed by atoms with van der Waals surface area (Å²) in [6.07, 6.45) is 2.98. The highest BCUT2D eigenvalue weighted by Gasteiger charge is 2.09. The first kappa shape index (κ1) is 15.0. The van der Waals surface area contributed by atoms with Crippen LogP contribution >= 0.6 is 0 Å². The van der Waals surface area contributed by atoms with Gasteiger partial charge in [-0.05, 0) is 25.0 Å². The number of aliphatic hydroxyl groups excluding tert-OH is 1. The largest absolute Gasteiger partial charge is 0.495 e. The van der Waals surface area contributed by atoms with Gasteiger partial charge in [-0.15, -0.1) is 5.10 Å². The van der Waals surface area contributed by atoms with Crippen LogP contribution < -0.4 is 10.1 Å². The van der Waals surface area contributed by atoms with Crippen LogP contribution in [0.4, 0.5) is 5.69 Å². The van der Waals surface area contributed by atoms with Gasteiger partial charge in [0.2, 0.25) is 5.91 Å². The van der Waals surface area contributed by atoms with E-state index < -0.39 is 0 Å². The van der Waals surface area contributed by atoms with Crippen LogP contribution in [0.5, 0.6) is 5.75 Å². The molecule has 7 nitrogen and oxygen atoms in total. The van der Waals surface area contributed by atoms with Gasteiger partial charge < -0.3 is 15.2 Å². The van der Waals surface area contributed by atoms with Crippen molar-refractivity contribution in [2.24, 2.45) is 0 Å². The summed E-state index contributed by atoms with van der Waals surface area (Å²) in [5.41, 5.74) is 1.37. The molecule has 0 aliphatic rings. The average Bonchev–Trinajstić information content (AvgIpc) is 2.93. The zero-order valence-corrected chi connectivity index (χ0v) is 11.8. The fraction of sp³-hybridized carbons (Fsp3) is 0.357. The van der Waals surface area contributed by atoms with Crippen molar-refractivity contribution in [3.63, 3.8) is 0 Å². The molecule has 1 amide bonds. The number of ether oxygens (including phenoxy) is 1. The summed E-state index contributed by atoms with van der Waals surface area (Å²) in [4.78, 5) is 12.0. The topological polar surface area (TPSA) is 89.3 Å². The van der Waals surface area contributed by atoms with E-state index in [1.807, 2.05) is 12.1 Å². The molecule has 0 atom stereocenters. The Hall–Kier alpha value is -2.41. The Bertz CT molecular complexity index is 597. The quantitative estimate of drug-likeness (QED) is 0.789. The number of amides is 1. The summed E-state index contributed by atoms with van der Waals surface area (Å²) in [5, 5.41) is 19.4. The predicted octanol–water partition coefficient (Wildman–Crippen LogP) is 0.850. The fourth-order valence-corrected chi connectivity index (χ4v) is 1.88. The van der Waals surface area contributed by atoms with Crippen LogP contribution in [0, 0.1) is 0 Å². The van der Waals surface area contributed by atoms with Crippen molar-refractivity contribution in [1.82, 2.24) is 15.0 Å². The van der Waals surface area contributed by atoms with Crippen molar-refractivity contribution in [2.75, 3.05) is 19.0 Å². The number of methoxy groups -OCH3 is 1. The predicted molar refractivity (Wildman–Crippen MR) is 77.1 cm³/mol. The lowest BCUT2D eigenvalue weighted by molar-refractivity contribution is -0.116. The highest BCUT2D eigenvalue weighted by atomic mass is 16.5. The van der Waals surface area contributed by atoms with Gasteiger partial charge >= 0.3 is 0 Å². The maximum Gasteiger partial charge on any atom is 0.246 e. The van der Waals surface area contributed by atoms with Crippen LogP contribution in [0.2, 0.25) is 0 Å². The third kappa shape index (κ3) is 4.28. The molecule has 0 radical (unpaired) electrons. The van der Waals surface area contributed by atoms with Gasteiger partial charge in [0.1, 0.15) is 12.3 Å². The average molecular weight is 290 g/mol.